The van der Waals surface area contributed by atoms with Crippen molar-refractivity contribution in [3.05, 3.63) is 107 Å². The van der Waals surface area contributed by atoms with Crippen molar-refractivity contribution in [1.82, 2.24) is 4.90 Å². The highest BCUT2D eigenvalue weighted by Gasteiger charge is 2.23. The Morgan fingerprint density at radius 3 is 1.90 bits per heavy atom. The van der Waals surface area contributed by atoms with Crippen molar-refractivity contribution in [2.45, 2.75) is 25.6 Å². The highest BCUT2D eigenvalue weighted by molar-refractivity contribution is 5.87. The van der Waals surface area contributed by atoms with E-state index >= 15 is 0 Å². The summed E-state index contributed by atoms with van der Waals surface area (Å²) in [6.07, 6.45) is -1.21. The van der Waals surface area contributed by atoms with Crippen molar-refractivity contribution in [1.29, 1.82) is 0 Å². The van der Waals surface area contributed by atoms with Crippen molar-refractivity contribution in [3.63, 3.8) is 0 Å². The van der Waals surface area contributed by atoms with Gasteiger partial charge in [-0.15, -0.1) is 0 Å². The quantitative estimate of drug-likeness (QED) is 0.598. The Hall–Kier alpha value is -3.51. The van der Waals surface area contributed by atoms with Crippen LogP contribution in [0.4, 0.5) is 4.39 Å². The molecule has 0 bridgehead atoms. The number of benzene rings is 3. The zero-order valence-electron chi connectivity index (χ0n) is 16.2. The number of halogens is 1. The molecule has 0 radical (unpaired) electrons. The first-order chi connectivity index (χ1) is 14.4. The molecule has 154 valence electrons. The number of nitrogens with zero attached hydrogens (tertiary/aromatic N) is 1. The molecule has 3 rings (SSSR count). The summed E-state index contributed by atoms with van der Waals surface area (Å²) in [6.45, 7) is 0.509. The van der Waals surface area contributed by atoms with Gasteiger partial charge in [-0.05, 0) is 41.0 Å². The van der Waals surface area contributed by atoms with Crippen LogP contribution in [0.5, 0.6) is 0 Å². The minimum absolute atomic E-state index is 0.0718. The van der Waals surface area contributed by atoms with Crippen LogP contribution >= 0.6 is 0 Å². The molecule has 0 spiro atoms. The standard InChI is InChI=1S/C24H22FNO4/c25-21-12-8-17(9-13-21)14-22(27)23(28)26(15-18-4-2-1-3-5-18)16-19-6-10-20(11-7-19)24(29)30/h1-13,22,27H,14-16H2,(H,29,30)/t22-/m0/s1. The Morgan fingerprint density at radius 2 is 1.33 bits per heavy atom. The molecular weight excluding hydrogens is 385 g/mol. The van der Waals surface area contributed by atoms with Crippen LogP contribution in [0.2, 0.25) is 0 Å². The fraction of sp³-hybridized carbons (Fsp3) is 0.167. The van der Waals surface area contributed by atoms with Crippen LogP contribution in [0.1, 0.15) is 27.0 Å². The third kappa shape index (κ3) is 5.75. The van der Waals surface area contributed by atoms with Crippen molar-refractivity contribution in [2.24, 2.45) is 0 Å². The molecule has 5 nitrogen and oxygen atoms in total. The highest BCUT2D eigenvalue weighted by Crippen LogP contribution is 2.15. The van der Waals surface area contributed by atoms with Gasteiger partial charge < -0.3 is 15.1 Å². The van der Waals surface area contributed by atoms with Gasteiger partial charge in [-0.1, -0.05) is 54.6 Å². The molecule has 0 unspecified atom stereocenters. The van der Waals surface area contributed by atoms with Gasteiger partial charge in [0.25, 0.3) is 5.91 Å². The largest absolute Gasteiger partial charge is 0.478 e. The lowest BCUT2D eigenvalue weighted by Gasteiger charge is -2.26. The van der Waals surface area contributed by atoms with E-state index in [2.05, 4.69) is 0 Å². The number of aliphatic hydroxyl groups is 1. The number of aromatic carboxylic acids is 1. The summed E-state index contributed by atoms with van der Waals surface area (Å²) in [5.74, 6) is -1.85. The molecule has 3 aromatic rings. The molecule has 0 saturated heterocycles. The number of hydrogen-bond donors (Lipinski definition) is 2. The summed E-state index contributed by atoms with van der Waals surface area (Å²) in [6, 6.07) is 21.3. The van der Waals surface area contributed by atoms with Gasteiger partial charge in [-0.3, -0.25) is 4.79 Å². The Bertz CT molecular complexity index is 988. The van der Waals surface area contributed by atoms with E-state index in [1.54, 1.807) is 12.1 Å². The molecule has 2 N–H and O–H groups in total. The van der Waals surface area contributed by atoms with E-state index in [4.69, 9.17) is 5.11 Å². The van der Waals surface area contributed by atoms with Crippen LogP contribution in [0.25, 0.3) is 0 Å². The molecular formula is C24H22FNO4. The fourth-order valence-electron chi connectivity index (χ4n) is 3.13. The second-order valence-corrected chi connectivity index (χ2v) is 7.03. The van der Waals surface area contributed by atoms with E-state index in [1.807, 2.05) is 30.3 Å². The topological polar surface area (TPSA) is 77.8 Å². The molecule has 1 amide bonds. The molecule has 30 heavy (non-hydrogen) atoms. The summed E-state index contributed by atoms with van der Waals surface area (Å²) in [7, 11) is 0. The Labute approximate surface area is 174 Å². The lowest BCUT2D eigenvalue weighted by Crippen LogP contribution is -2.39. The van der Waals surface area contributed by atoms with Crippen LogP contribution in [-0.2, 0) is 24.3 Å². The maximum absolute atomic E-state index is 13.1. The fourth-order valence-corrected chi connectivity index (χ4v) is 3.13. The summed E-state index contributed by atoms with van der Waals surface area (Å²) < 4.78 is 13.1. The Balaban J connectivity index is 1.77. The van der Waals surface area contributed by atoms with E-state index < -0.39 is 18.0 Å². The molecule has 0 fully saturated rings. The maximum atomic E-state index is 13.1. The third-order valence-electron chi connectivity index (χ3n) is 4.73. The maximum Gasteiger partial charge on any atom is 0.335 e. The monoisotopic (exact) mass is 407 g/mol. The normalized spacial score (nSPS) is 11.7. The van der Waals surface area contributed by atoms with Gasteiger partial charge in [0, 0.05) is 19.5 Å². The first-order valence-corrected chi connectivity index (χ1v) is 9.50. The lowest BCUT2D eigenvalue weighted by atomic mass is 10.1. The van der Waals surface area contributed by atoms with E-state index in [0.29, 0.717) is 12.1 Å². The molecule has 6 heteroatoms. The molecule has 0 aliphatic carbocycles. The first-order valence-electron chi connectivity index (χ1n) is 9.50. The van der Waals surface area contributed by atoms with Crippen molar-refractivity contribution < 1.29 is 24.2 Å². The predicted molar refractivity (Wildman–Crippen MR) is 110 cm³/mol. The van der Waals surface area contributed by atoms with Crippen LogP contribution in [0.15, 0.2) is 78.9 Å². The molecule has 0 saturated carbocycles. The van der Waals surface area contributed by atoms with E-state index in [1.165, 1.54) is 41.3 Å². The summed E-state index contributed by atoms with van der Waals surface area (Å²) in [4.78, 5) is 25.6. The molecule has 0 aliphatic heterocycles. The van der Waals surface area contributed by atoms with Gasteiger partial charge in [-0.25, -0.2) is 9.18 Å². The smallest absolute Gasteiger partial charge is 0.335 e. The lowest BCUT2D eigenvalue weighted by molar-refractivity contribution is -0.141. The Kier molecular flexibility index (Phi) is 6.93. The van der Waals surface area contributed by atoms with Crippen molar-refractivity contribution in [3.8, 4) is 0 Å². The van der Waals surface area contributed by atoms with Crippen molar-refractivity contribution >= 4 is 11.9 Å². The number of hydrogen-bond acceptors (Lipinski definition) is 3. The number of carbonyl (C=O) groups excluding carboxylic acids is 1. The molecule has 0 aliphatic rings. The predicted octanol–water partition coefficient (Wildman–Crippen LogP) is 3.66. The average molecular weight is 407 g/mol. The average Bonchev–Trinajstić information content (AvgIpc) is 2.75. The second-order valence-electron chi connectivity index (χ2n) is 7.03. The molecule has 0 heterocycles. The summed E-state index contributed by atoms with van der Waals surface area (Å²) in [5.41, 5.74) is 2.47. The van der Waals surface area contributed by atoms with Crippen LogP contribution in [0.3, 0.4) is 0 Å². The van der Waals surface area contributed by atoms with Crippen LogP contribution < -0.4 is 0 Å². The number of carboxylic acids is 1. The SMILES string of the molecule is O=C(O)c1ccc(CN(Cc2ccccc2)C(=O)[C@@H](O)Cc2ccc(F)cc2)cc1. The number of carboxylic acid groups (broad SMARTS) is 1. The van der Waals surface area contributed by atoms with Crippen molar-refractivity contribution in [2.75, 3.05) is 0 Å². The van der Waals surface area contributed by atoms with Gasteiger partial charge in [-0.2, -0.15) is 0 Å². The van der Waals surface area contributed by atoms with Crippen LogP contribution in [0, 0.1) is 5.82 Å². The zero-order chi connectivity index (χ0) is 21.5. The summed E-state index contributed by atoms with van der Waals surface area (Å²) >= 11 is 0. The van der Waals surface area contributed by atoms with E-state index in [0.717, 1.165) is 11.1 Å². The highest BCUT2D eigenvalue weighted by atomic mass is 19.1. The van der Waals surface area contributed by atoms with Gasteiger partial charge in [0.05, 0.1) is 5.56 Å². The number of carbonyl (C=O) groups is 2. The van der Waals surface area contributed by atoms with Gasteiger partial charge in [0.1, 0.15) is 11.9 Å². The zero-order valence-corrected chi connectivity index (χ0v) is 16.2. The van der Waals surface area contributed by atoms with Gasteiger partial charge in [0.2, 0.25) is 0 Å². The van der Waals surface area contributed by atoms with Crippen LogP contribution in [-0.4, -0.2) is 33.1 Å². The summed E-state index contributed by atoms with van der Waals surface area (Å²) in [5, 5.41) is 19.6. The van der Waals surface area contributed by atoms with Gasteiger partial charge >= 0.3 is 5.97 Å². The first kappa shape index (κ1) is 21.2. The number of amides is 1. The number of aliphatic hydroxyl groups excluding tert-OH is 1. The van der Waals surface area contributed by atoms with E-state index in [9.17, 15) is 19.1 Å². The molecule has 3 aromatic carbocycles. The minimum Gasteiger partial charge on any atom is -0.478 e. The van der Waals surface area contributed by atoms with E-state index in [-0.39, 0.29) is 24.3 Å². The number of rotatable bonds is 8. The molecule has 1 atom stereocenters. The second kappa shape index (κ2) is 9.80. The van der Waals surface area contributed by atoms with Gasteiger partial charge in [0.15, 0.2) is 0 Å². The Morgan fingerprint density at radius 1 is 0.800 bits per heavy atom. The molecule has 0 aromatic heterocycles. The third-order valence-corrected chi connectivity index (χ3v) is 4.73. The minimum atomic E-state index is -1.28.